The van der Waals surface area contributed by atoms with Crippen molar-refractivity contribution in [1.29, 1.82) is 0 Å². The summed E-state index contributed by atoms with van der Waals surface area (Å²) >= 11 is 1.35. The van der Waals surface area contributed by atoms with Crippen LogP contribution in [0.3, 0.4) is 0 Å². The highest BCUT2D eigenvalue weighted by molar-refractivity contribution is 8.55. The second-order valence-corrected chi connectivity index (χ2v) is 9.08. The van der Waals surface area contributed by atoms with Crippen molar-refractivity contribution in [3.8, 4) is 0 Å². The van der Waals surface area contributed by atoms with Gasteiger partial charge in [0.15, 0.2) is 0 Å². The van der Waals surface area contributed by atoms with Crippen LogP contribution in [0.15, 0.2) is 36.4 Å². The molecule has 5 heteroatoms. The van der Waals surface area contributed by atoms with E-state index in [1.807, 2.05) is 19.9 Å². The normalized spacial score (nSPS) is 19.3. The van der Waals surface area contributed by atoms with Crippen LogP contribution in [0.5, 0.6) is 0 Å². The van der Waals surface area contributed by atoms with Crippen LogP contribution in [0, 0.1) is 0 Å². The van der Waals surface area contributed by atoms with Gasteiger partial charge >= 0.3 is 6.80 Å². The van der Waals surface area contributed by atoms with Crippen LogP contribution in [0.2, 0.25) is 0 Å². The highest BCUT2D eigenvalue weighted by Gasteiger charge is 2.30. The molecular weight excluding hydrogens is 303 g/mol. The van der Waals surface area contributed by atoms with Gasteiger partial charge in [-0.05, 0) is 55.6 Å². The van der Waals surface area contributed by atoms with E-state index in [1.54, 1.807) is 0 Å². The summed E-state index contributed by atoms with van der Waals surface area (Å²) in [4.78, 5) is 0. The van der Waals surface area contributed by atoms with Gasteiger partial charge in [-0.1, -0.05) is 36.4 Å². The molecule has 1 aliphatic carbocycles. The van der Waals surface area contributed by atoms with E-state index in [-0.39, 0.29) is 5.25 Å². The molecular formula is C16H23O3PS. The van der Waals surface area contributed by atoms with Gasteiger partial charge in [-0.15, -0.1) is 0 Å². The predicted octanol–water partition coefficient (Wildman–Crippen LogP) is 5.54. The van der Waals surface area contributed by atoms with E-state index in [1.165, 1.54) is 22.5 Å². The van der Waals surface area contributed by atoms with Crippen molar-refractivity contribution in [1.82, 2.24) is 0 Å². The fourth-order valence-electron chi connectivity index (χ4n) is 2.44. The van der Waals surface area contributed by atoms with Crippen molar-refractivity contribution >= 4 is 23.8 Å². The van der Waals surface area contributed by atoms with E-state index in [2.05, 4.69) is 30.3 Å². The average molecular weight is 326 g/mol. The molecule has 1 aromatic carbocycles. The maximum Gasteiger partial charge on any atom is 0.389 e. The van der Waals surface area contributed by atoms with Crippen LogP contribution >= 0.6 is 18.2 Å². The van der Waals surface area contributed by atoms with Gasteiger partial charge in [0.1, 0.15) is 0 Å². The fourth-order valence-corrected chi connectivity index (χ4v) is 6.59. The largest absolute Gasteiger partial charge is 0.389 e. The Kier molecular flexibility index (Phi) is 6.56. The second-order valence-electron chi connectivity index (χ2n) is 4.88. The highest BCUT2D eigenvalue weighted by Crippen LogP contribution is 2.63. The van der Waals surface area contributed by atoms with Crippen LogP contribution < -0.4 is 0 Å². The molecule has 0 heterocycles. The summed E-state index contributed by atoms with van der Waals surface area (Å²) in [5, 5.41) is 0.192. The molecule has 1 aliphatic rings. The number of hydrogen-bond donors (Lipinski definition) is 0. The zero-order valence-electron chi connectivity index (χ0n) is 12.7. The predicted molar refractivity (Wildman–Crippen MR) is 90.5 cm³/mol. The molecule has 1 atom stereocenters. The number of benzene rings is 1. The van der Waals surface area contributed by atoms with Crippen molar-refractivity contribution in [2.75, 3.05) is 13.2 Å². The monoisotopic (exact) mass is 326 g/mol. The molecule has 21 heavy (non-hydrogen) atoms. The van der Waals surface area contributed by atoms with Crippen molar-refractivity contribution in [3.05, 3.63) is 42.0 Å². The van der Waals surface area contributed by atoms with Crippen LogP contribution in [0.25, 0.3) is 5.57 Å². The lowest BCUT2D eigenvalue weighted by Gasteiger charge is -2.24. The first-order chi connectivity index (χ1) is 10.2. The van der Waals surface area contributed by atoms with Gasteiger partial charge in [0.05, 0.1) is 13.2 Å². The third-order valence-electron chi connectivity index (χ3n) is 3.31. The third kappa shape index (κ3) is 5.00. The van der Waals surface area contributed by atoms with Crippen LogP contribution in [0.4, 0.5) is 0 Å². The molecule has 0 fully saturated rings. The molecule has 3 nitrogen and oxygen atoms in total. The van der Waals surface area contributed by atoms with E-state index in [0.717, 1.165) is 19.3 Å². The zero-order valence-corrected chi connectivity index (χ0v) is 14.4. The molecule has 0 amide bonds. The SMILES string of the molecule is CCOP(=O)(OCC)SC1C=C(c2ccccc2)CCC1. The summed E-state index contributed by atoms with van der Waals surface area (Å²) in [6.45, 7) is 1.48. The van der Waals surface area contributed by atoms with E-state index < -0.39 is 6.80 Å². The fraction of sp³-hybridized carbons (Fsp3) is 0.500. The van der Waals surface area contributed by atoms with Crippen molar-refractivity contribution < 1.29 is 13.6 Å². The zero-order chi connectivity index (χ0) is 15.1. The van der Waals surface area contributed by atoms with E-state index in [9.17, 15) is 4.57 Å². The second kappa shape index (κ2) is 8.19. The first-order valence-corrected chi connectivity index (χ1v) is 10.5. The molecule has 0 bridgehead atoms. The molecule has 0 spiro atoms. The Morgan fingerprint density at radius 3 is 2.48 bits per heavy atom. The van der Waals surface area contributed by atoms with Crippen molar-refractivity contribution in [2.24, 2.45) is 0 Å². The number of allylic oxidation sites excluding steroid dienone is 1. The number of rotatable bonds is 7. The average Bonchev–Trinajstić information content (AvgIpc) is 2.49. The lowest BCUT2D eigenvalue weighted by Crippen LogP contribution is -2.07. The molecule has 116 valence electrons. The maximum atomic E-state index is 12.6. The Bertz CT molecular complexity index is 506. The Labute approximate surface area is 131 Å². The summed E-state index contributed by atoms with van der Waals surface area (Å²) in [6.07, 6.45) is 5.44. The molecule has 1 unspecified atom stereocenters. The summed E-state index contributed by atoms with van der Waals surface area (Å²) in [7, 11) is 0. The van der Waals surface area contributed by atoms with Crippen molar-refractivity contribution in [3.63, 3.8) is 0 Å². The Hall–Kier alpha value is -0.540. The van der Waals surface area contributed by atoms with Gasteiger partial charge < -0.3 is 9.05 Å². The lowest BCUT2D eigenvalue weighted by atomic mass is 9.93. The number of hydrogen-bond acceptors (Lipinski definition) is 4. The van der Waals surface area contributed by atoms with Gasteiger partial charge in [-0.3, -0.25) is 0 Å². The van der Waals surface area contributed by atoms with Crippen molar-refractivity contribution in [2.45, 2.75) is 38.4 Å². The summed E-state index contributed by atoms with van der Waals surface area (Å²) < 4.78 is 23.4. The van der Waals surface area contributed by atoms with Crippen LogP contribution in [0.1, 0.15) is 38.7 Å². The Morgan fingerprint density at radius 2 is 1.86 bits per heavy atom. The molecule has 2 rings (SSSR count). The topological polar surface area (TPSA) is 35.5 Å². The van der Waals surface area contributed by atoms with Gasteiger partial charge in [-0.25, -0.2) is 4.57 Å². The van der Waals surface area contributed by atoms with E-state index in [4.69, 9.17) is 9.05 Å². The molecule has 0 saturated heterocycles. The van der Waals surface area contributed by atoms with Gasteiger partial charge in [0.25, 0.3) is 0 Å². The molecule has 0 radical (unpaired) electrons. The molecule has 0 saturated carbocycles. The minimum atomic E-state index is -3.03. The molecule has 1 aromatic rings. The van der Waals surface area contributed by atoms with E-state index in [0.29, 0.717) is 13.2 Å². The summed E-state index contributed by atoms with van der Waals surface area (Å²) in [6, 6.07) is 10.4. The summed E-state index contributed by atoms with van der Waals surface area (Å²) in [5.41, 5.74) is 2.59. The first kappa shape index (κ1) is 16.8. The standard InChI is InChI=1S/C16H23O3PS/c1-3-18-20(17,19-4-2)21-16-12-8-11-15(13-16)14-9-6-5-7-10-14/h5-7,9-10,13,16H,3-4,8,11-12H2,1-2H3. The Balaban J connectivity index is 2.11. The third-order valence-corrected chi connectivity index (χ3v) is 7.57. The molecule has 0 aromatic heterocycles. The minimum absolute atomic E-state index is 0.192. The molecule has 0 aliphatic heterocycles. The van der Waals surface area contributed by atoms with Gasteiger partial charge in [0.2, 0.25) is 0 Å². The van der Waals surface area contributed by atoms with E-state index >= 15 is 0 Å². The Morgan fingerprint density at radius 1 is 1.19 bits per heavy atom. The van der Waals surface area contributed by atoms with Gasteiger partial charge in [-0.2, -0.15) is 0 Å². The smallest absolute Gasteiger partial charge is 0.301 e. The summed E-state index contributed by atoms with van der Waals surface area (Å²) in [5.74, 6) is 0. The van der Waals surface area contributed by atoms with Crippen LogP contribution in [-0.4, -0.2) is 18.5 Å². The quantitative estimate of drug-likeness (QED) is 0.617. The van der Waals surface area contributed by atoms with Crippen LogP contribution in [-0.2, 0) is 13.6 Å². The maximum absolute atomic E-state index is 12.6. The highest BCUT2D eigenvalue weighted by atomic mass is 32.7. The van der Waals surface area contributed by atoms with Gasteiger partial charge in [0, 0.05) is 5.25 Å². The minimum Gasteiger partial charge on any atom is -0.301 e. The first-order valence-electron chi connectivity index (χ1n) is 7.50. The molecule has 0 N–H and O–H groups in total. The lowest BCUT2D eigenvalue weighted by molar-refractivity contribution is 0.236.